The van der Waals surface area contributed by atoms with Crippen LogP contribution < -0.4 is 5.32 Å². The maximum absolute atomic E-state index is 13.1. The smallest absolute Gasteiger partial charge is 0.243 e. The van der Waals surface area contributed by atoms with Crippen molar-refractivity contribution in [3.63, 3.8) is 0 Å². The largest absolute Gasteiger partial charge is 0.352 e. The van der Waals surface area contributed by atoms with Crippen LogP contribution in [0.25, 0.3) is 0 Å². The topological polar surface area (TPSA) is 69.7 Å². The summed E-state index contributed by atoms with van der Waals surface area (Å²) in [5, 5.41) is 3.23. The first-order valence-corrected chi connectivity index (χ1v) is 12.3. The lowest BCUT2D eigenvalue weighted by Gasteiger charge is -2.38. The lowest BCUT2D eigenvalue weighted by molar-refractivity contribution is -0.127. The Hall–Kier alpha value is -1.44. The molecule has 2 fully saturated rings. The Morgan fingerprint density at radius 3 is 2.38 bits per heavy atom. The molecule has 162 valence electrons. The first-order valence-electron chi connectivity index (χ1n) is 10.8. The quantitative estimate of drug-likeness (QED) is 0.794. The van der Waals surface area contributed by atoms with Gasteiger partial charge in [-0.05, 0) is 51.2 Å². The first-order chi connectivity index (χ1) is 13.7. The third-order valence-electron chi connectivity index (χ3n) is 6.59. The van der Waals surface area contributed by atoms with E-state index in [1.54, 1.807) is 10.4 Å². The summed E-state index contributed by atoms with van der Waals surface area (Å²) in [6.07, 6.45) is 4.66. The van der Waals surface area contributed by atoms with Crippen molar-refractivity contribution in [1.82, 2.24) is 14.5 Å². The van der Waals surface area contributed by atoms with Crippen molar-refractivity contribution in [2.45, 2.75) is 70.4 Å². The van der Waals surface area contributed by atoms with Crippen LogP contribution in [0.4, 0.5) is 0 Å². The second kappa shape index (κ2) is 9.14. The van der Waals surface area contributed by atoms with Gasteiger partial charge in [-0.2, -0.15) is 4.31 Å². The van der Waals surface area contributed by atoms with E-state index in [0.29, 0.717) is 37.0 Å². The highest BCUT2D eigenvalue weighted by atomic mass is 32.2. The van der Waals surface area contributed by atoms with E-state index in [9.17, 15) is 13.2 Å². The van der Waals surface area contributed by atoms with Crippen LogP contribution >= 0.6 is 0 Å². The summed E-state index contributed by atoms with van der Waals surface area (Å²) < 4.78 is 27.7. The van der Waals surface area contributed by atoms with Crippen LogP contribution in [0, 0.1) is 19.8 Å². The predicted molar refractivity (Wildman–Crippen MR) is 115 cm³/mol. The van der Waals surface area contributed by atoms with E-state index in [0.717, 1.165) is 17.5 Å². The zero-order chi connectivity index (χ0) is 21.2. The molecule has 2 aliphatic rings. The van der Waals surface area contributed by atoms with Gasteiger partial charge >= 0.3 is 0 Å². The Morgan fingerprint density at radius 2 is 1.76 bits per heavy atom. The van der Waals surface area contributed by atoms with E-state index in [1.165, 1.54) is 19.3 Å². The van der Waals surface area contributed by atoms with E-state index in [4.69, 9.17) is 0 Å². The van der Waals surface area contributed by atoms with Gasteiger partial charge in [0.2, 0.25) is 15.9 Å². The highest BCUT2D eigenvalue weighted by Gasteiger charge is 2.33. The van der Waals surface area contributed by atoms with Gasteiger partial charge in [0.15, 0.2) is 0 Å². The molecule has 7 heteroatoms. The fraction of sp³-hybridized carbons (Fsp3) is 0.682. The Labute approximate surface area is 175 Å². The van der Waals surface area contributed by atoms with Crippen molar-refractivity contribution in [3.8, 4) is 0 Å². The Kier molecular flexibility index (Phi) is 7.02. The molecule has 1 N–H and O–H groups in total. The number of hydrogen-bond acceptors (Lipinski definition) is 4. The summed E-state index contributed by atoms with van der Waals surface area (Å²) in [6.45, 7) is 9.90. The number of amides is 1. The van der Waals surface area contributed by atoms with E-state index >= 15 is 0 Å². The minimum absolute atomic E-state index is 0.0643. The third-order valence-corrected chi connectivity index (χ3v) is 8.65. The third kappa shape index (κ3) is 5.01. The first kappa shape index (κ1) is 22.2. The van der Waals surface area contributed by atoms with Gasteiger partial charge in [-0.1, -0.05) is 37.5 Å². The summed E-state index contributed by atoms with van der Waals surface area (Å²) in [7, 11) is -3.50. The number of carbonyl (C=O) groups excluding carboxylic acids is 1. The molecule has 3 atom stereocenters. The summed E-state index contributed by atoms with van der Waals surface area (Å²) in [5.41, 5.74) is 1.83. The minimum atomic E-state index is -3.50. The summed E-state index contributed by atoms with van der Waals surface area (Å²) in [6, 6.07) is 5.48. The zero-order valence-corrected chi connectivity index (χ0v) is 19.0. The molecule has 0 aromatic heterocycles. The lowest BCUT2D eigenvalue weighted by atomic mass is 9.86. The molecule has 0 radical (unpaired) electrons. The van der Waals surface area contributed by atoms with Crippen molar-refractivity contribution in [3.05, 3.63) is 29.3 Å². The maximum atomic E-state index is 13.1. The number of hydrogen-bond donors (Lipinski definition) is 1. The number of carbonyl (C=O) groups is 1. The van der Waals surface area contributed by atoms with Crippen molar-refractivity contribution < 1.29 is 13.2 Å². The molecule has 0 bridgehead atoms. The van der Waals surface area contributed by atoms with E-state index < -0.39 is 10.0 Å². The number of aryl methyl sites for hydroxylation is 2. The van der Waals surface area contributed by atoms with Crippen molar-refractivity contribution >= 4 is 15.9 Å². The van der Waals surface area contributed by atoms with Gasteiger partial charge in [0, 0.05) is 32.2 Å². The molecule has 1 aromatic rings. The van der Waals surface area contributed by atoms with Crippen LogP contribution in [0.15, 0.2) is 23.1 Å². The van der Waals surface area contributed by atoms with Crippen LogP contribution in [0.5, 0.6) is 0 Å². The zero-order valence-electron chi connectivity index (χ0n) is 18.1. The fourth-order valence-electron chi connectivity index (χ4n) is 4.56. The molecule has 1 heterocycles. The van der Waals surface area contributed by atoms with Crippen LogP contribution in [0.1, 0.15) is 50.7 Å². The summed E-state index contributed by atoms with van der Waals surface area (Å²) in [4.78, 5) is 15.2. The Balaban J connectivity index is 1.58. The van der Waals surface area contributed by atoms with Gasteiger partial charge in [-0.15, -0.1) is 0 Å². The average molecular weight is 422 g/mol. The average Bonchev–Trinajstić information content (AvgIpc) is 2.69. The van der Waals surface area contributed by atoms with E-state index in [2.05, 4.69) is 17.1 Å². The Bertz CT molecular complexity index is 832. The number of piperazine rings is 1. The van der Waals surface area contributed by atoms with Gasteiger partial charge < -0.3 is 5.32 Å². The molecule has 1 aliphatic heterocycles. The Morgan fingerprint density at radius 1 is 1.10 bits per heavy atom. The van der Waals surface area contributed by atoms with Gasteiger partial charge in [0.05, 0.1) is 10.9 Å². The molecule has 29 heavy (non-hydrogen) atoms. The van der Waals surface area contributed by atoms with Crippen LogP contribution in [0.2, 0.25) is 0 Å². The molecule has 1 amide bonds. The standard InChI is InChI=1S/C22H35N3O3S/c1-16-9-10-21(18(3)15-16)29(27,28)25-13-11-24(12-14-25)19(4)22(26)23-20-8-6-5-7-17(20)2/h9-10,15,17,19-20H,5-8,11-14H2,1-4H3,(H,23,26)/t17-,19-,20-/m0/s1. The van der Waals surface area contributed by atoms with Crippen molar-refractivity contribution in [1.29, 1.82) is 0 Å². The summed E-state index contributed by atoms with van der Waals surface area (Å²) in [5.74, 6) is 0.592. The van der Waals surface area contributed by atoms with Crippen LogP contribution in [-0.2, 0) is 14.8 Å². The second-order valence-electron chi connectivity index (χ2n) is 8.76. The molecule has 3 rings (SSSR count). The van der Waals surface area contributed by atoms with E-state index in [1.807, 2.05) is 32.9 Å². The summed E-state index contributed by atoms with van der Waals surface area (Å²) >= 11 is 0. The molecule has 1 saturated heterocycles. The maximum Gasteiger partial charge on any atom is 0.243 e. The monoisotopic (exact) mass is 421 g/mol. The molecule has 0 unspecified atom stereocenters. The minimum Gasteiger partial charge on any atom is -0.352 e. The molecular formula is C22H35N3O3S. The van der Waals surface area contributed by atoms with Crippen molar-refractivity contribution in [2.24, 2.45) is 5.92 Å². The van der Waals surface area contributed by atoms with Crippen LogP contribution in [0.3, 0.4) is 0 Å². The highest BCUT2D eigenvalue weighted by molar-refractivity contribution is 7.89. The van der Waals surface area contributed by atoms with Gasteiger partial charge in [-0.3, -0.25) is 9.69 Å². The van der Waals surface area contributed by atoms with Gasteiger partial charge in [0.1, 0.15) is 0 Å². The van der Waals surface area contributed by atoms with Crippen molar-refractivity contribution in [2.75, 3.05) is 26.2 Å². The number of nitrogens with zero attached hydrogens (tertiary/aromatic N) is 2. The predicted octanol–water partition coefficient (Wildman–Crippen LogP) is 2.69. The molecule has 0 spiro atoms. The highest BCUT2D eigenvalue weighted by Crippen LogP contribution is 2.25. The number of rotatable bonds is 5. The molecule has 1 saturated carbocycles. The van der Waals surface area contributed by atoms with Gasteiger partial charge in [0.25, 0.3) is 0 Å². The second-order valence-corrected chi connectivity index (χ2v) is 10.7. The number of benzene rings is 1. The number of nitrogens with one attached hydrogen (secondary N) is 1. The van der Waals surface area contributed by atoms with Gasteiger partial charge in [-0.25, -0.2) is 8.42 Å². The lowest BCUT2D eigenvalue weighted by Crippen LogP contribution is -2.56. The van der Waals surface area contributed by atoms with E-state index in [-0.39, 0.29) is 18.0 Å². The fourth-order valence-corrected chi connectivity index (χ4v) is 6.19. The SMILES string of the molecule is Cc1ccc(S(=O)(=O)N2CCN([C@@H](C)C(=O)N[C@H]3CCCC[C@@H]3C)CC2)c(C)c1. The molecule has 1 aromatic carbocycles. The normalized spacial score (nSPS) is 25.5. The molecule has 6 nitrogen and oxygen atoms in total. The molecular weight excluding hydrogens is 386 g/mol. The number of sulfonamides is 1. The molecule has 1 aliphatic carbocycles. The van der Waals surface area contributed by atoms with Crippen LogP contribution in [-0.4, -0.2) is 61.8 Å².